The number of amides is 1. The Kier molecular flexibility index (Phi) is 6.37. The number of anilines is 1. The van der Waals surface area contributed by atoms with Gasteiger partial charge in [-0.3, -0.25) is 9.59 Å². The summed E-state index contributed by atoms with van der Waals surface area (Å²) in [5, 5.41) is 2.69. The summed E-state index contributed by atoms with van der Waals surface area (Å²) in [5.41, 5.74) is 2.75. The van der Waals surface area contributed by atoms with Crippen LogP contribution < -0.4 is 10.1 Å². The number of benzene rings is 2. The summed E-state index contributed by atoms with van der Waals surface area (Å²) in [5.74, 6) is 0.0257. The lowest BCUT2D eigenvalue weighted by atomic mass is 10.1. The summed E-state index contributed by atoms with van der Waals surface area (Å²) in [4.78, 5) is 23.5. The molecular weight excluding hydrogens is 306 g/mol. The van der Waals surface area contributed by atoms with Gasteiger partial charge in [-0.2, -0.15) is 0 Å². The van der Waals surface area contributed by atoms with Crippen molar-refractivity contribution in [3.05, 3.63) is 59.7 Å². The van der Waals surface area contributed by atoms with Gasteiger partial charge in [-0.25, -0.2) is 0 Å². The Labute approximate surface area is 141 Å². The summed E-state index contributed by atoms with van der Waals surface area (Å²) in [7, 11) is 1.61. The predicted octanol–water partition coefficient (Wildman–Crippen LogP) is 3.12. The van der Waals surface area contributed by atoms with E-state index in [9.17, 15) is 9.59 Å². The van der Waals surface area contributed by atoms with Crippen LogP contribution >= 0.6 is 0 Å². The number of ether oxygens (including phenoxy) is 2. The molecule has 0 unspecified atom stereocenters. The van der Waals surface area contributed by atoms with Crippen molar-refractivity contribution < 1.29 is 19.1 Å². The molecule has 0 radical (unpaired) electrons. The lowest BCUT2D eigenvalue weighted by molar-refractivity contribution is -0.147. The largest absolute Gasteiger partial charge is 0.497 e. The Balaban J connectivity index is 1.71. The average Bonchev–Trinajstić information content (AvgIpc) is 2.58. The minimum atomic E-state index is -0.398. The number of rotatable bonds is 7. The third-order valence-corrected chi connectivity index (χ3v) is 3.44. The molecule has 126 valence electrons. The van der Waals surface area contributed by atoms with E-state index in [0.29, 0.717) is 12.1 Å². The van der Waals surface area contributed by atoms with E-state index in [1.54, 1.807) is 13.2 Å². The molecule has 5 nitrogen and oxygen atoms in total. The van der Waals surface area contributed by atoms with E-state index < -0.39 is 5.97 Å². The van der Waals surface area contributed by atoms with Crippen molar-refractivity contribution in [2.45, 2.75) is 19.8 Å². The van der Waals surface area contributed by atoms with Gasteiger partial charge in [0.05, 0.1) is 7.11 Å². The number of esters is 1. The van der Waals surface area contributed by atoms with Crippen molar-refractivity contribution in [2.75, 3.05) is 19.0 Å². The zero-order chi connectivity index (χ0) is 17.4. The molecule has 0 atom stereocenters. The van der Waals surface area contributed by atoms with Crippen molar-refractivity contribution in [1.29, 1.82) is 0 Å². The zero-order valence-corrected chi connectivity index (χ0v) is 13.9. The van der Waals surface area contributed by atoms with Gasteiger partial charge in [0.1, 0.15) is 5.75 Å². The summed E-state index contributed by atoms with van der Waals surface area (Å²) in [6.45, 7) is 1.66. The molecule has 1 amide bonds. The molecular formula is C19H21NO4. The second-order valence-corrected chi connectivity index (χ2v) is 5.43. The number of hydrogen-bond donors (Lipinski definition) is 1. The molecule has 0 aliphatic heterocycles. The number of nitrogens with one attached hydrogen (secondary N) is 1. The Morgan fingerprint density at radius 2 is 1.83 bits per heavy atom. The third-order valence-electron chi connectivity index (χ3n) is 3.44. The first-order valence-corrected chi connectivity index (χ1v) is 7.72. The van der Waals surface area contributed by atoms with Crippen molar-refractivity contribution in [2.24, 2.45) is 0 Å². The quantitative estimate of drug-likeness (QED) is 0.794. The van der Waals surface area contributed by atoms with E-state index in [1.807, 2.05) is 49.4 Å². The first kappa shape index (κ1) is 17.5. The fourth-order valence-corrected chi connectivity index (χ4v) is 2.18. The van der Waals surface area contributed by atoms with E-state index in [1.165, 1.54) is 0 Å². The standard InChI is InChI=1S/C19H21NO4/c1-14-4-3-5-16(12-14)20-18(21)13-24-19(22)11-8-15-6-9-17(23-2)10-7-15/h3-7,9-10,12H,8,11,13H2,1-2H3,(H,20,21). The fourth-order valence-electron chi connectivity index (χ4n) is 2.18. The van der Waals surface area contributed by atoms with Crippen LogP contribution in [0.3, 0.4) is 0 Å². The molecule has 24 heavy (non-hydrogen) atoms. The van der Waals surface area contributed by atoms with Gasteiger partial charge in [0, 0.05) is 12.1 Å². The highest BCUT2D eigenvalue weighted by Gasteiger charge is 2.08. The molecule has 2 rings (SSSR count). The second-order valence-electron chi connectivity index (χ2n) is 5.43. The first-order valence-electron chi connectivity index (χ1n) is 7.72. The molecule has 0 aliphatic carbocycles. The number of carbonyl (C=O) groups excluding carboxylic acids is 2. The highest BCUT2D eigenvalue weighted by atomic mass is 16.5. The van der Waals surface area contributed by atoms with Crippen LogP contribution in [0.15, 0.2) is 48.5 Å². The predicted molar refractivity (Wildman–Crippen MR) is 92.1 cm³/mol. The normalized spacial score (nSPS) is 10.1. The lowest BCUT2D eigenvalue weighted by Crippen LogP contribution is -2.21. The van der Waals surface area contributed by atoms with Crippen LogP contribution in [-0.4, -0.2) is 25.6 Å². The van der Waals surface area contributed by atoms with Crippen LogP contribution in [0.4, 0.5) is 5.69 Å². The van der Waals surface area contributed by atoms with Crippen molar-refractivity contribution in [1.82, 2.24) is 0 Å². The van der Waals surface area contributed by atoms with Crippen LogP contribution in [0.1, 0.15) is 17.5 Å². The highest BCUT2D eigenvalue weighted by Crippen LogP contribution is 2.13. The average molecular weight is 327 g/mol. The van der Waals surface area contributed by atoms with Gasteiger partial charge >= 0.3 is 5.97 Å². The zero-order valence-electron chi connectivity index (χ0n) is 13.9. The Bertz CT molecular complexity index is 695. The van der Waals surface area contributed by atoms with E-state index in [-0.39, 0.29) is 18.9 Å². The Morgan fingerprint density at radius 1 is 1.08 bits per heavy atom. The van der Waals surface area contributed by atoms with Crippen LogP contribution in [-0.2, 0) is 20.7 Å². The molecule has 0 bridgehead atoms. The van der Waals surface area contributed by atoms with Gasteiger partial charge in [0.15, 0.2) is 6.61 Å². The van der Waals surface area contributed by atoms with E-state index in [4.69, 9.17) is 9.47 Å². The maximum Gasteiger partial charge on any atom is 0.306 e. The number of methoxy groups -OCH3 is 1. The molecule has 0 spiro atoms. The minimum Gasteiger partial charge on any atom is -0.497 e. The maximum absolute atomic E-state index is 11.8. The molecule has 0 heterocycles. The fraction of sp³-hybridized carbons (Fsp3) is 0.263. The number of carbonyl (C=O) groups is 2. The maximum atomic E-state index is 11.8. The van der Waals surface area contributed by atoms with Crippen LogP contribution in [0.2, 0.25) is 0 Å². The lowest BCUT2D eigenvalue weighted by Gasteiger charge is -2.07. The Hall–Kier alpha value is -2.82. The summed E-state index contributed by atoms with van der Waals surface area (Å²) >= 11 is 0. The van der Waals surface area contributed by atoms with Gasteiger partial charge in [0.25, 0.3) is 5.91 Å². The molecule has 0 aliphatic rings. The van der Waals surface area contributed by atoms with Crippen LogP contribution in [0.5, 0.6) is 5.75 Å². The minimum absolute atomic E-state index is 0.226. The van der Waals surface area contributed by atoms with E-state index >= 15 is 0 Å². The van der Waals surface area contributed by atoms with E-state index in [0.717, 1.165) is 16.9 Å². The Morgan fingerprint density at radius 3 is 2.50 bits per heavy atom. The molecule has 0 saturated carbocycles. The van der Waals surface area contributed by atoms with Crippen molar-refractivity contribution >= 4 is 17.6 Å². The van der Waals surface area contributed by atoms with E-state index in [2.05, 4.69) is 5.32 Å². The van der Waals surface area contributed by atoms with Crippen LogP contribution in [0.25, 0.3) is 0 Å². The first-order chi connectivity index (χ1) is 11.6. The molecule has 5 heteroatoms. The van der Waals surface area contributed by atoms with Gasteiger partial charge in [-0.15, -0.1) is 0 Å². The smallest absolute Gasteiger partial charge is 0.306 e. The molecule has 2 aromatic rings. The van der Waals surface area contributed by atoms with Gasteiger partial charge in [-0.1, -0.05) is 24.3 Å². The summed E-state index contributed by atoms with van der Waals surface area (Å²) < 4.78 is 10.1. The van der Waals surface area contributed by atoms with Crippen molar-refractivity contribution in [3.8, 4) is 5.75 Å². The van der Waals surface area contributed by atoms with Gasteiger partial charge in [0.2, 0.25) is 0 Å². The molecule has 1 N–H and O–H groups in total. The third kappa shape index (κ3) is 5.76. The molecule has 0 saturated heterocycles. The highest BCUT2D eigenvalue weighted by molar-refractivity contribution is 5.92. The van der Waals surface area contributed by atoms with Gasteiger partial charge in [-0.05, 0) is 48.7 Å². The number of hydrogen-bond acceptors (Lipinski definition) is 4. The molecule has 0 aromatic heterocycles. The van der Waals surface area contributed by atoms with Crippen molar-refractivity contribution in [3.63, 3.8) is 0 Å². The SMILES string of the molecule is COc1ccc(CCC(=O)OCC(=O)Nc2cccc(C)c2)cc1. The van der Waals surface area contributed by atoms with Crippen LogP contribution in [0, 0.1) is 6.92 Å². The topological polar surface area (TPSA) is 64.6 Å². The monoisotopic (exact) mass is 327 g/mol. The molecule has 2 aromatic carbocycles. The summed E-state index contributed by atoms with van der Waals surface area (Å²) in [6.07, 6.45) is 0.784. The summed E-state index contributed by atoms with van der Waals surface area (Å²) in [6, 6.07) is 14.9. The number of aryl methyl sites for hydroxylation is 2. The molecule has 0 fully saturated rings. The second kappa shape index (κ2) is 8.72. The van der Waals surface area contributed by atoms with Gasteiger partial charge < -0.3 is 14.8 Å².